The van der Waals surface area contributed by atoms with Crippen LogP contribution in [0.2, 0.25) is 0 Å². The lowest BCUT2D eigenvalue weighted by Crippen LogP contribution is -2.46. The quantitative estimate of drug-likeness (QED) is 0.550. The number of carbonyl (C=O) groups excluding carboxylic acids is 3. The van der Waals surface area contributed by atoms with Crippen molar-refractivity contribution in [2.75, 3.05) is 25.2 Å². The number of hydrogen-bond acceptors (Lipinski definition) is 5. The lowest BCUT2D eigenvalue weighted by atomic mass is 9.84. The van der Waals surface area contributed by atoms with Gasteiger partial charge in [-0.25, -0.2) is 0 Å². The summed E-state index contributed by atoms with van der Waals surface area (Å²) in [5, 5.41) is 2.46. The number of terminal acetylenes is 1. The van der Waals surface area contributed by atoms with Gasteiger partial charge in [-0.3, -0.25) is 14.4 Å². The zero-order chi connectivity index (χ0) is 22.2. The molecule has 2 atom stereocenters. The van der Waals surface area contributed by atoms with Gasteiger partial charge in [-0.1, -0.05) is 36.3 Å². The first-order chi connectivity index (χ1) is 15.0. The van der Waals surface area contributed by atoms with Crippen LogP contribution in [-0.2, 0) is 19.1 Å². The molecule has 0 aliphatic carbocycles. The summed E-state index contributed by atoms with van der Waals surface area (Å²) in [7, 11) is 1.57. The van der Waals surface area contributed by atoms with Gasteiger partial charge in [-0.15, -0.1) is 6.42 Å². The van der Waals surface area contributed by atoms with Crippen LogP contribution < -0.4 is 15.0 Å². The van der Waals surface area contributed by atoms with Gasteiger partial charge in [0.1, 0.15) is 5.75 Å². The highest BCUT2D eigenvalue weighted by Gasteiger charge is 2.42. The van der Waals surface area contributed by atoms with Crippen LogP contribution in [0.3, 0.4) is 0 Å². The molecule has 31 heavy (non-hydrogen) atoms. The number of ether oxygens (including phenoxy) is 2. The summed E-state index contributed by atoms with van der Waals surface area (Å²) in [6.07, 6.45) is 5.64. The van der Waals surface area contributed by atoms with E-state index < -0.39 is 30.4 Å². The maximum Gasteiger partial charge on any atom is 0.311 e. The number of hydrogen-bond donors (Lipinski definition) is 1. The summed E-state index contributed by atoms with van der Waals surface area (Å²) in [6.45, 7) is -0.360. The second-order valence-corrected chi connectivity index (χ2v) is 7.05. The predicted molar refractivity (Wildman–Crippen MR) is 115 cm³/mol. The molecule has 7 nitrogen and oxygen atoms in total. The summed E-state index contributed by atoms with van der Waals surface area (Å²) in [5.74, 6) is 1.24. The molecule has 2 aromatic rings. The van der Waals surface area contributed by atoms with Gasteiger partial charge in [0.15, 0.2) is 6.61 Å². The maximum atomic E-state index is 12.9. The zero-order valence-corrected chi connectivity index (χ0v) is 17.2. The van der Waals surface area contributed by atoms with Crippen molar-refractivity contribution in [3.8, 4) is 18.1 Å². The summed E-state index contributed by atoms with van der Waals surface area (Å²) < 4.78 is 10.5. The molecule has 1 aliphatic rings. The highest BCUT2D eigenvalue weighted by Crippen LogP contribution is 2.40. The molecule has 7 heteroatoms. The SMILES string of the molecule is C#CCNC(=O)COC(=O)[C@H]1CCC(=O)N(c2ccc(OC)cc2)[C@H]1c1ccccc1. The maximum absolute atomic E-state index is 12.9. The molecule has 1 saturated heterocycles. The van der Waals surface area contributed by atoms with Crippen LogP contribution in [0, 0.1) is 18.3 Å². The molecule has 0 unspecified atom stereocenters. The molecule has 160 valence electrons. The van der Waals surface area contributed by atoms with Crippen molar-refractivity contribution in [1.82, 2.24) is 5.32 Å². The Morgan fingerprint density at radius 1 is 1.16 bits per heavy atom. The largest absolute Gasteiger partial charge is 0.497 e. The van der Waals surface area contributed by atoms with E-state index in [1.165, 1.54) is 0 Å². The normalized spacial score (nSPS) is 18.1. The van der Waals surface area contributed by atoms with Crippen molar-refractivity contribution in [3.63, 3.8) is 0 Å². The van der Waals surface area contributed by atoms with Crippen molar-refractivity contribution >= 4 is 23.5 Å². The van der Waals surface area contributed by atoms with Crippen LogP contribution in [-0.4, -0.2) is 38.0 Å². The Bertz CT molecular complexity index is 966. The average molecular weight is 420 g/mol. The van der Waals surface area contributed by atoms with E-state index in [1.807, 2.05) is 30.3 Å². The Morgan fingerprint density at radius 3 is 2.52 bits per heavy atom. The second-order valence-electron chi connectivity index (χ2n) is 7.05. The number of carbonyl (C=O) groups is 3. The Balaban J connectivity index is 1.89. The minimum atomic E-state index is -0.623. The molecule has 1 heterocycles. The van der Waals surface area contributed by atoms with Gasteiger partial charge < -0.3 is 19.7 Å². The molecular formula is C24H24N2O5. The second kappa shape index (κ2) is 10.3. The van der Waals surface area contributed by atoms with Crippen molar-refractivity contribution in [3.05, 3.63) is 60.2 Å². The fourth-order valence-corrected chi connectivity index (χ4v) is 3.66. The van der Waals surface area contributed by atoms with E-state index in [9.17, 15) is 14.4 Å². The topological polar surface area (TPSA) is 84.9 Å². The number of piperidine rings is 1. The summed E-state index contributed by atoms with van der Waals surface area (Å²) in [4.78, 5) is 39.3. The van der Waals surface area contributed by atoms with E-state index >= 15 is 0 Å². The van der Waals surface area contributed by atoms with Crippen LogP contribution in [0.5, 0.6) is 5.75 Å². The van der Waals surface area contributed by atoms with Crippen molar-refractivity contribution in [1.29, 1.82) is 0 Å². The molecule has 0 spiro atoms. The Morgan fingerprint density at radius 2 is 1.87 bits per heavy atom. The minimum Gasteiger partial charge on any atom is -0.497 e. The van der Waals surface area contributed by atoms with E-state index in [-0.39, 0.29) is 18.9 Å². The average Bonchev–Trinajstić information content (AvgIpc) is 2.81. The van der Waals surface area contributed by atoms with Crippen molar-refractivity contribution in [2.45, 2.75) is 18.9 Å². The van der Waals surface area contributed by atoms with E-state index in [0.29, 0.717) is 17.9 Å². The monoisotopic (exact) mass is 420 g/mol. The lowest BCUT2D eigenvalue weighted by Gasteiger charge is -2.40. The molecule has 0 radical (unpaired) electrons. The van der Waals surface area contributed by atoms with E-state index in [0.717, 1.165) is 5.56 Å². The van der Waals surface area contributed by atoms with Gasteiger partial charge >= 0.3 is 5.97 Å². The zero-order valence-electron chi connectivity index (χ0n) is 17.2. The molecule has 1 fully saturated rings. The minimum absolute atomic E-state index is 0.0617. The summed E-state index contributed by atoms with van der Waals surface area (Å²) in [5.41, 5.74) is 1.47. The van der Waals surface area contributed by atoms with Crippen LogP contribution in [0.25, 0.3) is 0 Å². The molecule has 1 N–H and O–H groups in total. The van der Waals surface area contributed by atoms with Crippen molar-refractivity contribution in [2.24, 2.45) is 5.92 Å². The van der Waals surface area contributed by atoms with Gasteiger partial charge in [-0.05, 0) is 36.2 Å². The fraction of sp³-hybridized carbons (Fsp3) is 0.292. The van der Waals surface area contributed by atoms with E-state index in [2.05, 4.69) is 11.2 Å². The van der Waals surface area contributed by atoms with E-state index in [1.54, 1.807) is 36.3 Å². The molecular weight excluding hydrogens is 396 g/mol. The highest BCUT2D eigenvalue weighted by molar-refractivity contribution is 5.97. The Hall–Kier alpha value is -3.79. The Labute approximate surface area is 181 Å². The third kappa shape index (κ3) is 5.23. The standard InChI is InChI=1S/C24H24N2O5/c1-3-15-25-21(27)16-31-24(29)20-13-14-22(28)26(18-9-11-19(30-2)12-10-18)23(20)17-7-5-4-6-8-17/h1,4-12,20,23H,13-16H2,2H3,(H,25,27)/t20-,23-/m0/s1. The predicted octanol–water partition coefficient (Wildman–Crippen LogP) is 2.47. The summed E-state index contributed by atoms with van der Waals surface area (Å²) >= 11 is 0. The van der Waals surface area contributed by atoms with Gasteiger partial charge in [0, 0.05) is 12.1 Å². The van der Waals surface area contributed by atoms with Crippen LogP contribution >= 0.6 is 0 Å². The first kappa shape index (κ1) is 21.9. The molecule has 0 aromatic heterocycles. The third-order valence-electron chi connectivity index (χ3n) is 5.12. The number of nitrogens with one attached hydrogen (secondary N) is 1. The number of amides is 2. The first-order valence-electron chi connectivity index (χ1n) is 9.93. The fourth-order valence-electron chi connectivity index (χ4n) is 3.66. The number of nitrogens with zero attached hydrogens (tertiary/aromatic N) is 1. The number of methoxy groups -OCH3 is 1. The van der Waals surface area contributed by atoms with Crippen molar-refractivity contribution < 1.29 is 23.9 Å². The number of anilines is 1. The smallest absolute Gasteiger partial charge is 0.311 e. The Kier molecular flexibility index (Phi) is 7.28. The summed E-state index contributed by atoms with van der Waals surface area (Å²) in [6, 6.07) is 15.9. The van der Waals surface area contributed by atoms with E-state index in [4.69, 9.17) is 15.9 Å². The first-order valence-corrected chi connectivity index (χ1v) is 9.93. The third-order valence-corrected chi connectivity index (χ3v) is 5.12. The molecule has 3 rings (SSSR count). The molecule has 1 aliphatic heterocycles. The molecule has 0 saturated carbocycles. The van der Waals surface area contributed by atoms with Gasteiger partial charge in [0.05, 0.1) is 25.6 Å². The number of benzene rings is 2. The lowest BCUT2D eigenvalue weighted by molar-refractivity contribution is -0.154. The molecule has 0 bridgehead atoms. The van der Waals surface area contributed by atoms with Crippen LogP contribution in [0.4, 0.5) is 5.69 Å². The number of esters is 1. The van der Waals surface area contributed by atoms with Gasteiger partial charge in [0.25, 0.3) is 5.91 Å². The van der Waals surface area contributed by atoms with Crippen LogP contribution in [0.15, 0.2) is 54.6 Å². The highest BCUT2D eigenvalue weighted by atomic mass is 16.5. The van der Waals surface area contributed by atoms with Gasteiger partial charge in [-0.2, -0.15) is 0 Å². The number of rotatable bonds is 7. The molecule has 2 amide bonds. The van der Waals surface area contributed by atoms with Gasteiger partial charge in [0.2, 0.25) is 5.91 Å². The van der Waals surface area contributed by atoms with Crippen LogP contribution in [0.1, 0.15) is 24.4 Å². The molecule has 2 aromatic carbocycles.